The molecule has 2 aliphatic heterocycles. The van der Waals surface area contributed by atoms with Crippen LogP contribution >= 0.6 is 11.3 Å². The Kier molecular flexibility index (Phi) is 6.79. The molecule has 1 aromatic heterocycles. The van der Waals surface area contributed by atoms with E-state index in [4.69, 9.17) is 0 Å². The zero-order valence-electron chi connectivity index (χ0n) is 17.9. The van der Waals surface area contributed by atoms with Crippen LogP contribution < -0.4 is 10.6 Å². The van der Waals surface area contributed by atoms with Crippen molar-refractivity contribution in [1.82, 2.24) is 20.5 Å². The number of nitrogens with zero attached hydrogens (tertiary/aromatic N) is 2. The Bertz CT molecular complexity index is 932. The SMILES string of the molecule is CNC(C)C1CCCC(C(=O)N2CCCC2c2nc(C(=O)c3ccc(F)cc3)cs2)N1. The van der Waals surface area contributed by atoms with Crippen molar-refractivity contribution in [2.24, 2.45) is 0 Å². The van der Waals surface area contributed by atoms with Crippen molar-refractivity contribution < 1.29 is 14.0 Å². The molecule has 6 nitrogen and oxygen atoms in total. The van der Waals surface area contributed by atoms with Crippen molar-refractivity contribution in [1.29, 1.82) is 0 Å². The number of rotatable bonds is 6. The minimum absolute atomic E-state index is 0.0869. The van der Waals surface area contributed by atoms with Gasteiger partial charge in [-0.05, 0) is 70.3 Å². The zero-order chi connectivity index (χ0) is 22.0. The van der Waals surface area contributed by atoms with Gasteiger partial charge in [0.25, 0.3) is 0 Å². The second-order valence-electron chi connectivity index (χ2n) is 8.43. The van der Waals surface area contributed by atoms with Gasteiger partial charge in [0.2, 0.25) is 11.7 Å². The monoisotopic (exact) mass is 444 g/mol. The summed E-state index contributed by atoms with van der Waals surface area (Å²) in [6, 6.07) is 5.83. The van der Waals surface area contributed by atoms with Crippen molar-refractivity contribution in [3.63, 3.8) is 0 Å². The van der Waals surface area contributed by atoms with E-state index >= 15 is 0 Å². The quantitative estimate of drug-likeness (QED) is 0.669. The van der Waals surface area contributed by atoms with Gasteiger partial charge in [-0.1, -0.05) is 0 Å². The largest absolute Gasteiger partial charge is 0.332 e. The van der Waals surface area contributed by atoms with Gasteiger partial charge in [0.15, 0.2) is 0 Å². The number of thiazole rings is 1. The number of nitrogens with one attached hydrogen (secondary N) is 2. The van der Waals surface area contributed by atoms with Crippen LogP contribution in [-0.2, 0) is 4.79 Å². The van der Waals surface area contributed by atoms with Crippen LogP contribution in [-0.4, -0.2) is 53.3 Å². The summed E-state index contributed by atoms with van der Waals surface area (Å²) in [6.45, 7) is 2.85. The van der Waals surface area contributed by atoms with Crippen LogP contribution in [0.5, 0.6) is 0 Å². The third-order valence-corrected chi connectivity index (χ3v) is 7.41. The van der Waals surface area contributed by atoms with Crippen LogP contribution in [0, 0.1) is 5.82 Å². The second-order valence-corrected chi connectivity index (χ2v) is 9.32. The molecule has 0 radical (unpaired) electrons. The highest BCUT2D eigenvalue weighted by Crippen LogP contribution is 2.35. The topological polar surface area (TPSA) is 74.3 Å². The molecular weight excluding hydrogens is 415 g/mol. The van der Waals surface area contributed by atoms with Crippen LogP contribution in [0.25, 0.3) is 0 Å². The van der Waals surface area contributed by atoms with E-state index in [1.165, 1.54) is 35.6 Å². The molecule has 3 heterocycles. The van der Waals surface area contributed by atoms with Crippen molar-refractivity contribution in [2.45, 2.75) is 63.2 Å². The van der Waals surface area contributed by atoms with Crippen LogP contribution in [0.4, 0.5) is 4.39 Å². The van der Waals surface area contributed by atoms with Crippen LogP contribution in [0.1, 0.15) is 66.1 Å². The fraction of sp³-hybridized carbons (Fsp3) is 0.522. The first kappa shape index (κ1) is 22.0. The van der Waals surface area contributed by atoms with E-state index in [2.05, 4.69) is 22.5 Å². The van der Waals surface area contributed by atoms with Gasteiger partial charge in [-0.3, -0.25) is 9.59 Å². The highest BCUT2D eigenvalue weighted by atomic mass is 32.1. The Morgan fingerprint density at radius 2 is 2.00 bits per heavy atom. The van der Waals surface area contributed by atoms with Crippen molar-refractivity contribution >= 4 is 23.0 Å². The Balaban J connectivity index is 1.47. The highest BCUT2D eigenvalue weighted by Gasteiger charge is 2.38. The number of benzene rings is 1. The number of hydrogen-bond acceptors (Lipinski definition) is 6. The lowest BCUT2D eigenvalue weighted by molar-refractivity contribution is -0.135. The molecular formula is C23H29FN4O2S. The number of likely N-dealkylation sites (tertiary alicyclic amines) is 1. The number of carbonyl (C=O) groups excluding carboxylic acids is 2. The van der Waals surface area contributed by atoms with E-state index in [0.717, 1.165) is 43.7 Å². The molecule has 31 heavy (non-hydrogen) atoms. The van der Waals surface area contributed by atoms with Gasteiger partial charge in [0.1, 0.15) is 16.5 Å². The first-order chi connectivity index (χ1) is 15.0. The molecule has 4 unspecified atom stereocenters. The van der Waals surface area contributed by atoms with E-state index in [-0.39, 0.29) is 35.6 Å². The van der Waals surface area contributed by atoms with Crippen LogP contribution in [0.15, 0.2) is 29.6 Å². The normalized spacial score (nSPS) is 24.9. The van der Waals surface area contributed by atoms with E-state index in [1.54, 1.807) is 5.38 Å². The Morgan fingerprint density at radius 1 is 1.23 bits per heavy atom. The predicted octanol–water partition coefficient (Wildman–Crippen LogP) is 3.30. The lowest BCUT2D eigenvalue weighted by Gasteiger charge is -2.36. The molecule has 1 aromatic carbocycles. The number of carbonyl (C=O) groups is 2. The molecule has 4 rings (SSSR count). The van der Waals surface area contributed by atoms with E-state index < -0.39 is 0 Å². The Morgan fingerprint density at radius 3 is 2.74 bits per heavy atom. The fourth-order valence-corrected chi connectivity index (χ4v) is 5.48. The van der Waals surface area contributed by atoms with Gasteiger partial charge >= 0.3 is 0 Å². The molecule has 166 valence electrons. The maximum Gasteiger partial charge on any atom is 0.240 e. The van der Waals surface area contributed by atoms with Gasteiger partial charge < -0.3 is 15.5 Å². The molecule has 0 bridgehead atoms. The molecule has 2 aliphatic rings. The first-order valence-electron chi connectivity index (χ1n) is 11.0. The maximum atomic E-state index is 13.4. The highest BCUT2D eigenvalue weighted by molar-refractivity contribution is 7.10. The first-order valence-corrected chi connectivity index (χ1v) is 11.9. The van der Waals surface area contributed by atoms with E-state index in [9.17, 15) is 14.0 Å². The summed E-state index contributed by atoms with van der Waals surface area (Å²) >= 11 is 1.42. The molecule has 0 spiro atoms. The van der Waals surface area contributed by atoms with Gasteiger partial charge in [0, 0.05) is 29.6 Å². The van der Waals surface area contributed by atoms with E-state index in [1.807, 2.05) is 11.9 Å². The number of piperidine rings is 1. The molecule has 2 fully saturated rings. The van der Waals surface area contributed by atoms with Crippen LogP contribution in [0.2, 0.25) is 0 Å². The fourth-order valence-electron chi connectivity index (χ4n) is 4.54. The number of ketones is 1. The number of halogens is 1. The average Bonchev–Trinajstić information content (AvgIpc) is 3.48. The second kappa shape index (κ2) is 9.54. The lowest BCUT2D eigenvalue weighted by atomic mass is 9.93. The summed E-state index contributed by atoms with van der Waals surface area (Å²) in [5.74, 6) is -0.466. The van der Waals surface area contributed by atoms with Crippen molar-refractivity contribution in [2.75, 3.05) is 13.6 Å². The minimum atomic E-state index is -0.377. The number of amides is 1. The molecule has 2 saturated heterocycles. The van der Waals surface area contributed by atoms with Gasteiger partial charge in [-0.15, -0.1) is 11.3 Å². The van der Waals surface area contributed by atoms with Crippen molar-refractivity contribution in [3.8, 4) is 0 Å². The lowest BCUT2D eigenvalue weighted by Crippen LogP contribution is -2.56. The van der Waals surface area contributed by atoms with Gasteiger partial charge in [0.05, 0.1) is 12.1 Å². The molecule has 8 heteroatoms. The Labute approximate surface area is 186 Å². The predicted molar refractivity (Wildman–Crippen MR) is 119 cm³/mol. The van der Waals surface area contributed by atoms with E-state index in [0.29, 0.717) is 17.3 Å². The summed E-state index contributed by atoms with van der Waals surface area (Å²) in [4.78, 5) is 32.6. The van der Waals surface area contributed by atoms with Crippen molar-refractivity contribution in [3.05, 3.63) is 51.7 Å². The molecule has 0 aliphatic carbocycles. The molecule has 1 amide bonds. The Hall–Kier alpha value is -2.16. The summed E-state index contributed by atoms with van der Waals surface area (Å²) < 4.78 is 13.2. The third-order valence-electron chi connectivity index (χ3n) is 6.46. The molecule has 0 saturated carbocycles. The number of likely N-dealkylation sites (N-methyl/N-ethyl adjacent to an activating group) is 1. The summed E-state index contributed by atoms with van der Waals surface area (Å²) in [7, 11) is 1.95. The average molecular weight is 445 g/mol. The molecule has 4 atom stereocenters. The van der Waals surface area contributed by atoms with Crippen LogP contribution in [0.3, 0.4) is 0 Å². The summed E-state index contributed by atoms with van der Waals surface area (Å²) in [6.07, 6.45) is 4.73. The smallest absolute Gasteiger partial charge is 0.240 e. The molecule has 2 N–H and O–H groups in total. The summed E-state index contributed by atoms with van der Waals surface area (Å²) in [5, 5.41) is 9.37. The number of hydrogen-bond donors (Lipinski definition) is 2. The van der Waals surface area contributed by atoms with Gasteiger partial charge in [-0.2, -0.15) is 0 Å². The molecule has 2 aromatic rings. The van der Waals surface area contributed by atoms with Gasteiger partial charge in [-0.25, -0.2) is 9.37 Å². The maximum absolute atomic E-state index is 13.4. The summed E-state index contributed by atoms with van der Waals surface area (Å²) in [5.41, 5.74) is 0.762. The number of aromatic nitrogens is 1. The third kappa shape index (κ3) is 4.71. The minimum Gasteiger partial charge on any atom is -0.332 e. The standard InChI is InChI=1S/C23H29FN4O2S/c1-14(25-2)17-5-3-6-18(26-17)23(30)28-12-4-7-20(28)22-27-19(13-31-22)21(29)15-8-10-16(24)11-9-15/h8-11,13-14,17-18,20,25-26H,3-7,12H2,1-2H3. The zero-order valence-corrected chi connectivity index (χ0v) is 18.8.